The van der Waals surface area contributed by atoms with Crippen LogP contribution in [0.25, 0.3) is 10.9 Å². The number of benzene rings is 1. The number of nitrogens with zero attached hydrogens (tertiary/aromatic N) is 1. The Morgan fingerprint density at radius 2 is 1.88 bits per heavy atom. The molecule has 1 heterocycles. The highest BCUT2D eigenvalue weighted by Crippen LogP contribution is 2.35. The number of aryl methyl sites for hydroxylation is 2. The lowest BCUT2D eigenvalue weighted by Gasteiger charge is -2.15. The van der Waals surface area contributed by atoms with Crippen molar-refractivity contribution in [1.82, 2.24) is 4.98 Å². The minimum atomic E-state index is 0.388. The van der Waals surface area contributed by atoms with Gasteiger partial charge in [0, 0.05) is 15.6 Å². The first-order chi connectivity index (χ1) is 7.91. The summed E-state index contributed by atoms with van der Waals surface area (Å²) in [5.74, 6) is 0.388. The van der Waals surface area contributed by atoms with E-state index in [9.17, 15) is 0 Å². The summed E-state index contributed by atoms with van der Waals surface area (Å²) in [7, 11) is 0. The minimum absolute atomic E-state index is 0.388. The highest BCUT2D eigenvalue weighted by atomic mass is 79.9. The smallest absolute Gasteiger partial charge is 0.0750 e. The molecule has 0 atom stereocenters. The summed E-state index contributed by atoms with van der Waals surface area (Å²) in [5, 5.41) is 1.87. The highest BCUT2D eigenvalue weighted by Gasteiger charge is 2.15. The van der Waals surface area contributed by atoms with Crippen molar-refractivity contribution in [2.75, 3.05) is 0 Å². The maximum Gasteiger partial charge on any atom is 0.0750 e. The summed E-state index contributed by atoms with van der Waals surface area (Å²) in [4.78, 5) is 4.69. The normalized spacial score (nSPS) is 11.5. The van der Waals surface area contributed by atoms with E-state index in [4.69, 9.17) is 16.6 Å². The summed E-state index contributed by atoms with van der Waals surface area (Å²) in [6.07, 6.45) is 0. The van der Waals surface area contributed by atoms with Crippen LogP contribution in [0.4, 0.5) is 0 Å². The van der Waals surface area contributed by atoms with E-state index >= 15 is 0 Å². The third kappa shape index (κ3) is 2.21. The molecule has 0 unspecified atom stereocenters. The maximum atomic E-state index is 6.52. The lowest BCUT2D eigenvalue weighted by Crippen LogP contribution is -1.99. The molecule has 0 saturated heterocycles. The Hall–Kier alpha value is -0.600. The molecule has 17 heavy (non-hydrogen) atoms. The zero-order valence-electron chi connectivity index (χ0n) is 10.4. The van der Waals surface area contributed by atoms with E-state index in [1.165, 1.54) is 0 Å². The van der Waals surface area contributed by atoms with Gasteiger partial charge in [-0.25, -0.2) is 0 Å². The lowest BCUT2D eigenvalue weighted by molar-refractivity contribution is 0.848. The minimum Gasteiger partial charge on any atom is -0.252 e. The molecule has 0 amide bonds. The Morgan fingerprint density at radius 3 is 2.47 bits per heavy atom. The predicted molar refractivity (Wildman–Crippen MR) is 78.0 cm³/mol. The van der Waals surface area contributed by atoms with Gasteiger partial charge in [-0.1, -0.05) is 41.4 Å². The zero-order chi connectivity index (χ0) is 12.7. The van der Waals surface area contributed by atoms with Crippen LogP contribution in [0.3, 0.4) is 0 Å². The van der Waals surface area contributed by atoms with Gasteiger partial charge >= 0.3 is 0 Å². The van der Waals surface area contributed by atoms with Crippen LogP contribution in [0.2, 0.25) is 5.02 Å². The first-order valence-electron chi connectivity index (χ1n) is 5.67. The van der Waals surface area contributed by atoms with Crippen molar-refractivity contribution in [3.05, 3.63) is 38.4 Å². The molecule has 0 N–H and O–H groups in total. The molecule has 2 rings (SSSR count). The number of hydrogen-bond acceptors (Lipinski definition) is 1. The van der Waals surface area contributed by atoms with Crippen LogP contribution in [0.15, 0.2) is 16.6 Å². The summed E-state index contributed by atoms with van der Waals surface area (Å²) < 4.78 is 1.05. The molecule has 0 saturated carbocycles. The van der Waals surface area contributed by atoms with Crippen LogP contribution in [0, 0.1) is 13.8 Å². The Kier molecular flexibility index (Phi) is 3.46. The fourth-order valence-corrected chi connectivity index (χ4v) is 3.33. The van der Waals surface area contributed by atoms with E-state index in [1.807, 2.05) is 13.0 Å². The Morgan fingerprint density at radius 1 is 1.24 bits per heavy atom. The van der Waals surface area contributed by atoms with Crippen molar-refractivity contribution in [2.24, 2.45) is 0 Å². The topological polar surface area (TPSA) is 12.9 Å². The highest BCUT2D eigenvalue weighted by molar-refractivity contribution is 9.10. The molecule has 3 heteroatoms. The fourth-order valence-electron chi connectivity index (χ4n) is 2.25. The quantitative estimate of drug-likeness (QED) is 0.688. The van der Waals surface area contributed by atoms with Gasteiger partial charge < -0.3 is 0 Å². The molecule has 0 bridgehead atoms. The Balaban J connectivity index is 2.92. The van der Waals surface area contributed by atoms with Gasteiger partial charge in [-0.2, -0.15) is 0 Å². The Bertz CT molecular complexity index is 591. The standard InChI is InChI=1S/C14H15BrClN/c1-7(2)12-9(4)17-14-8(3)5-10(15)6-11(14)13(12)16/h5-7H,1-4H3. The van der Waals surface area contributed by atoms with Crippen molar-refractivity contribution in [1.29, 1.82) is 0 Å². The molecular weight excluding hydrogens is 298 g/mol. The Labute approximate surface area is 115 Å². The second-order valence-corrected chi connectivity index (χ2v) is 5.99. The molecule has 1 aromatic heterocycles. The van der Waals surface area contributed by atoms with Crippen molar-refractivity contribution in [3.8, 4) is 0 Å². The summed E-state index contributed by atoms with van der Waals surface area (Å²) in [6, 6.07) is 4.11. The van der Waals surface area contributed by atoms with E-state index in [-0.39, 0.29) is 0 Å². The number of aromatic nitrogens is 1. The summed E-state index contributed by atoms with van der Waals surface area (Å²) >= 11 is 10.0. The fraction of sp³-hybridized carbons (Fsp3) is 0.357. The SMILES string of the molecule is Cc1nc2c(C)cc(Br)cc2c(Cl)c1C(C)C. The number of rotatable bonds is 1. The van der Waals surface area contributed by atoms with Gasteiger partial charge in [-0.05, 0) is 43.0 Å². The largest absolute Gasteiger partial charge is 0.252 e. The number of halogens is 2. The van der Waals surface area contributed by atoms with E-state index in [1.54, 1.807) is 0 Å². The molecule has 2 aromatic rings. The van der Waals surface area contributed by atoms with Crippen LogP contribution in [-0.2, 0) is 0 Å². The summed E-state index contributed by atoms with van der Waals surface area (Å²) in [6.45, 7) is 8.38. The first-order valence-corrected chi connectivity index (χ1v) is 6.84. The van der Waals surface area contributed by atoms with Crippen molar-refractivity contribution < 1.29 is 0 Å². The van der Waals surface area contributed by atoms with Crippen LogP contribution in [0.1, 0.15) is 36.6 Å². The van der Waals surface area contributed by atoms with Gasteiger partial charge in [0.25, 0.3) is 0 Å². The molecule has 1 aromatic carbocycles. The molecule has 0 aliphatic carbocycles. The van der Waals surface area contributed by atoms with Crippen molar-refractivity contribution in [2.45, 2.75) is 33.6 Å². The van der Waals surface area contributed by atoms with Gasteiger partial charge in [0.05, 0.1) is 10.5 Å². The molecular formula is C14H15BrClN. The van der Waals surface area contributed by atoms with Gasteiger partial charge in [-0.15, -0.1) is 0 Å². The monoisotopic (exact) mass is 311 g/mol. The van der Waals surface area contributed by atoms with Crippen LogP contribution >= 0.6 is 27.5 Å². The van der Waals surface area contributed by atoms with Gasteiger partial charge in [0.1, 0.15) is 0 Å². The second-order valence-electron chi connectivity index (χ2n) is 4.70. The van der Waals surface area contributed by atoms with E-state index in [2.05, 4.69) is 42.8 Å². The molecule has 0 spiro atoms. The first kappa shape index (κ1) is 12.8. The van der Waals surface area contributed by atoms with E-state index in [0.29, 0.717) is 5.92 Å². The predicted octanol–water partition coefficient (Wildman–Crippen LogP) is 5.39. The van der Waals surface area contributed by atoms with Crippen LogP contribution in [-0.4, -0.2) is 4.98 Å². The zero-order valence-corrected chi connectivity index (χ0v) is 12.8. The number of pyridine rings is 1. The van der Waals surface area contributed by atoms with Crippen LogP contribution < -0.4 is 0 Å². The van der Waals surface area contributed by atoms with Gasteiger partial charge in [0.2, 0.25) is 0 Å². The lowest BCUT2D eigenvalue weighted by atomic mass is 9.98. The van der Waals surface area contributed by atoms with Crippen LogP contribution in [0.5, 0.6) is 0 Å². The average molecular weight is 313 g/mol. The number of fused-ring (bicyclic) bond motifs is 1. The average Bonchev–Trinajstić information content (AvgIpc) is 2.19. The third-order valence-electron chi connectivity index (χ3n) is 2.98. The summed E-state index contributed by atoms with van der Waals surface area (Å²) in [5.41, 5.74) is 4.33. The van der Waals surface area contributed by atoms with E-state index < -0.39 is 0 Å². The van der Waals surface area contributed by atoms with Gasteiger partial charge in [-0.3, -0.25) is 4.98 Å². The molecule has 0 radical (unpaired) electrons. The molecule has 0 fully saturated rings. The van der Waals surface area contributed by atoms with Crippen molar-refractivity contribution in [3.63, 3.8) is 0 Å². The molecule has 1 nitrogen and oxygen atoms in total. The second kappa shape index (κ2) is 4.58. The van der Waals surface area contributed by atoms with Crippen molar-refractivity contribution >= 4 is 38.4 Å². The maximum absolute atomic E-state index is 6.52. The molecule has 0 aliphatic heterocycles. The molecule has 90 valence electrons. The van der Waals surface area contributed by atoms with E-state index in [0.717, 1.165) is 37.2 Å². The number of hydrogen-bond donors (Lipinski definition) is 0. The van der Waals surface area contributed by atoms with Gasteiger partial charge in [0.15, 0.2) is 0 Å². The molecule has 0 aliphatic rings. The third-order valence-corrected chi connectivity index (χ3v) is 3.85.